The molecule has 0 atom stereocenters. The highest BCUT2D eigenvalue weighted by Gasteiger charge is 2.12. The fourth-order valence-corrected chi connectivity index (χ4v) is 3.63. The van der Waals surface area contributed by atoms with Crippen LogP contribution in [0.1, 0.15) is 16.7 Å². The fourth-order valence-electron chi connectivity index (χ4n) is 3.42. The van der Waals surface area contributed by atoms with Gasteiger partial charge in [0, 0.05) is 11.6 Å². The van der Waals surface area contributed by atoms with Gasteiger partial charge in [0.15, 0.2) is 5.65 Å². The van der Waals surface area contributed by atoms with Gasteiger partial charge in [-0.1, -0.05) is 54.1 Å². The SMILES string of the molecule is Cc1ccccc1Cn1cnc2c(cnn2CCNC(=O)Cc2ccccc2Cl)c1=O. The molecule has 2 aromatic carbocycles. The van der Waals surface area contributed by atoms with Crippen LogP contribution >= 0.6 is 11.6 Å². The Morgan fingerprint density at radius 3 is 2.61 bits per heavy atom. The predicted molar refractivity (Wildman–Crippen MR) is 120 cm³/mol. The van der Waals surface area contributed by atoms with Crippen molar-refractivity contribution in [1.82, 2.24) is 24.6 Å². The molecule has 0 bridgehead atoms. The number of hydrogen-bond donors (Lipinski definition) is 1. The first kappa shape index (κ1) is 20.8. The van der Waals surface area contributed by atoms with E-state index in [-0.39, 0.29) is 17.9 Å². The summed E-state index contributed by atoms with van der Waals surface area (Å²) in [5.41, 5.74) is 3.34. The highest BCUT2D eigenvalue weighted by molar-refractivity contribution is 6.31. The van der Waals surface area contributed by atoms with Crippen LogP contribution in [0.2, 0.25) is 5.02 Å². The first-order valence-electron chi connectivity index (χ1n) is 9.98. The van der Waals surface area contributed by atoms with Crippen molar-refractivity contribution in [2.75, 3.05) is 6.54 Å². The number of carbonyl (C=O) groups excluding carboxylic acids is 1. The van der Waals surface area contributed by atoms with Crippen molar-refractivity contribution in [3.63, 3.8) is 0 Å². The van der Waals surface area contributed by atoms with Crippen molar-refractivity contribution in [2.45, 2.75) is 26.4 Å². The van der Waals surface area contributed by atoms with Gasteiger partial charge in [-0.05, 0) is 29.7 Å². The molecule has 8 heteroatoms. The number of hydrogen-bond acceptors (Lipinski definition) is 4. The topological polar surface area (TPSA) is 81.8 Å². The zero-order valence-corrected chi connectivity index (χ0v) is 17.8. The average molecular weight is 436 g/mol. The second kappa shape index (κ2) is 9.14. The molecule has 1 N–H and O–H groups in total. The number of fused-ring (bicyclic) bond motifs is 1. The smallest absolute Gasteiger partial charge is 0.264 e. The lowest BCUT2D eigenvalue weighted by atomic mass is 10.1. The maximum Gasteiger partial charge on any atom is 0.264 e. The molecule has 0 unspecified atom stereocenters. The Morgan fingerprint density at radius 1 is 1.10 bits per heavy atom. The van der Waals surface area contributed by atoms with Gasteiger partial charge >= 0.3 is 0 Å². The number of nitrogens with one attached hydrogen (secondary N) is 1. The molecule has 7 nitrogen and oxygen atoms in total. The minimum atomic E-state index is -0.137. The Hall–Kier alpha value is -3.45. The van der Waals surface area contributed by atoms with Gasteiger partial charge in [0.25, 0.3) is 5.56 Å². The molecule has 0 saturated carbocycles. The molecule has 0 radical (unpaired) electrons. The predicted octanol–water partition coefficient (Wildman–Crippen LogP) is 2.96. The van der Waals surface area contributed by atoms with Gasteiger partial charge in [0.2, 0.25) is 5.91 Å². The summed E-state index contributed by atoms with van der Waals surface area (Å²) >= 11 is 6.10. The maximum absolute atomic E-state index is 12.9. The molecule has 0 aliphatic heterocycles. The van der Waals surface area contributed by atoms with E-state index in [1.807, 2.05) is 49.4 Å². The summed E-state index contributed by atoms with van der Waals surface area (Å²) in [6.45, 7) is 3.25. The summed E-state index contributed by atoms with van der Waals surface area (Å²) in [6.07, 6.45) is 3.29. The molecule has 4 rings (SSSR count). The lowest BCUT2D eigenvalue weighted by Gasteiger charge is -2.09. The van der Waals surface area contributed by atoms with Crippen LogP contribution in [0.4, 0.5) is 0 Å². The summed E-state index contributed by atoms with van der Waals surface area (Å²) in [7, 11) is 0. The number of amides is 1. The van der Waals surface area contributed by atoms with E-state index in [9.17, 15) is 9.59 Å². The molecule has 2 heterocycles. The molecule has 0 fully saturated rings. The highest BCUT2D eigenvalue weighted by Crippen LogP contribution is 2.15. The number of rotatable bonds is 7. The molecule has 31 heavy (non-hydrogen) atoms. The average Bonchev–Trinajstić information content (AvgIpc) is 3.17. The summed E-state index contributed by atoms with van der Waals surface area (Å²) in [4.78, 5) is 29.5. The monoisotopic (exact) mass is 435 g/mol. The number of aryl methyl sites for hydroxylation is 1. The van der Waals surface area contributed by atoms with Crippen LogP contribution in [-0.2, 0) is 24.3 Å². The molecular formula is C23H22ClN5O2. The third kappa shape index (κ3) is 4.67. The van der Waals surface area contributed by atoms with Crippen LogP contribution in [0.3, 0.4) is 0 Å². The van der Waals surface area contributed by atoms with E-state index in [1.165, 1.54) is 6.20 Å². The van der Waals surface area contributed by atoms with Crippen molar-refractivity contribution in [3.8, 4) is 0 Å². The lowest BCUT2D eigenvalue weighted by Crippen LogP contribution is -2.29. The van der Waals surface area contributed by atoms with E-state index in [2.05, 4.69) is 15.4 Å². The minimum absolute atomic E-state index is 0.127. The van der Waals surface area contributed by atoms with Gasteiger partial charge in [-0.3, -0.25) is 14.2 Å². The van der Waals surface area contributed by atoms with Crippen LogP contribution in [0.5, 0.6) is 0 Å². The third-order valence-corrected chi connectivity index (χ3v) is 5.55. The number of halogens is 1. The van der Waals surface area contributed by atoms with E-state index in [1.54, 1.807) is 21.6 Å². The van der Waals surface area contributed by atoms with Gasteiger partial charge < -0.3 is 5.32 Å². The summed E-state index contributed by atoms with van der Waals surface area (Å²) < 4.78 is 3.21. The van der Waals surface area contributed by atoms with Crippen LogP contribution in [0.15, 0.2) is 65.8 Å². The Morgan fingerprint density at radius 2 is 1.84 bits per heavy atom. The van der Waals surface area contributed by atoms with Crippen molar-refractivity contribution in [3.05, 3.63) is 93.1 Å². The van der Waals surface area contributed by atoms with Crippen LogP contribution in [0, 0.1) is 6.92 Å². The fraction of sp³-hybridized carbons (Fsp3) is 0.217. The maximum atomic E-state index is 12.9. The van der Waals surface area contributed by atoms with Crippen LogP contribution in [0.25, 0.3) is 11.0 Å². The molecule has 158 valence electrons. The largest absolute Gasteiger partial charge is 0.354 e. The van der Waals surface area contributed by atoms with Crippen LogP contribution in [-0.4, -0.2) is 31.8 Å². The molecular weight excluding hydrogens is 414 g/mol. The summed E-state index contributed by atoms with van der Waals surface area (Å²) in [5, 5.41) is 8.17. The molecule has 0 saturated heterocycles. The molecule has 1 amide bonds. The normalized spacial score (nSPS) is 11.0. The Balaban J connectivity index is 1.42. The molecule has 4 aromatic rings. The summed E-state index contributed by atoms with van der Waals surface area (Å²) in [6, 6.07) is 15.2. The lowest BCUT2D eigenvalue weighted by molar-refractivity contribution is -0.120. The quantitative estimate of drug-likeness (QED) is 0.484. The van der Waals surface area contributed by atoms with Gasteiger partial charge in [-0.25, -0.2) is 9.67 Å². The van der Waals surface area contributed by atoms with Crippen LogP contribution < -0.4 is 10.9 Å². The Bertz CT molecular complexity index is 1290. The second-order valence-corrected chi connectivity index (χ2v) is 7.73. The Labute approximate surface area is 184 Å². The van der Waals surface area contributed by atoms with E-state index in [0.29, 0.717) is 35.7 Å². The molecule has 2 aromatic heterocycles. The van der Waals surface area contributed by atoms with Crippen molar-refractivity contribution in [1.29, 1.82) is 0 Å². The molecule has 0 aliphatic rings. The van der Waals surface area contributed by atoms with Crippen molar-refractivity contribution < 1.29 is 4.79 Å². The molecule has 0 aliphatic carbocycles. The van der Waals surface area contributed by atoms with E-state index < -0.39 is 0 Å². The number of aromatic nitrogens is 4. The first-order chi connectivity index (χ1) is 15.0. The third-order valence-electron chi connectivity index (χ3n) is 5.18. The Kier molecular flexibility index (Phi) is 6.13. The van der Waals surface area contributed by atoms with Crippen molar-refractivity contribution >= 4 is 28.5 Å². The minimum Gasteiger partial charge on any atom is -0.354 e. The van der Waals surface area contributed by atoms with Gasteiger partial charge in [-0.15, -0.1) is 0 Å². The van der Waals surface area contributed by atoms with Gasteiger partial charge in [-0.2, -0.15) is 5.10 Å². The van der Waals surface area contributed by atoms with E-state index in [0.717, 1.165) is 16.7 Å². The van der Waals surface area contributed by atoms with Gasteiger partial charge in [0.05, 0.1) is 25.7 Å². The van der Waals surface area contributed by atoms with Crippen molar-refractivity contribution in [2.24, 2.45) is 0 Å². The number of nitrogens with zero attached hydrogens (tertiary/aromatic N) is 4. The number of benzene rings is 2. The second-order valence-electron chi connectivity index (χ2n) is 7.33. The van der Waals surface area contributed by atoms with E-state index >= 15 is 0 Å². The van der Waals surface area contributed by atoms with E-state index in [4.69, 9.17) is 11.6 Å². The zero-order valence-electron chi connectivity index (χ0n) is 17.1. The van der Waals surface area contributed by atoms with Gasteiger partial charge in [0.1, 0.15) is 11.7 Å². The first-order valence-corrected chi connectivity index (χ1v) is 10.4. The zero-order chi connectivity index (χ0) is 21.8. The summed E-state index contributed by atoms with van der Waals surface area (Å²) in [5.74, 6) is -0.127. The number of carbonyl (C=O) groups is 1. The standard InChI is InChI=1S/C23H22ClN5O2/c1-16-6-2-3-8-18(16)14-28-15-26-22-19(23(28)31)13-27-29(22)11-10-25-21(30)12-17-7-4-5-9-20(17)24/h2-9,13,15H,10-12,14H2,1H3,(H,25,30). The molecule has 0 spiro atoms. The highest BCUT2D eigenvalue weighted by atomic mass is 35.5.